The molecule has 0 fully saturated rings. The van der Waals surface area contributed by atoms with E-state index in [0.717, 1.165) is 5.56 Å². The van der Waals surface area contributed by atoms with Crippen molar-refractivity contribution in [3.05, 3.63) is 69.7 Å². The lowest BCUT2D eigenvalue weighted by molar-refractivity contribution is -0.384. The Hall–Kier alpha value is -3.62. The monoisotopic (exact) mass is 338 g/mol. The van der Waals surface area contributed by atoms with Crippen LogP contribution in [0.3, 0.4) is 0 Å². The zero-order valence-electron chi connectivity index (χ0n) is 13.5. The maximum absolute atomic E-state index is 12.4. The number of nitrogens with one attached hydrogen (secondary N) is 1. The van der Waals surface area contributed by atoms with Crippen LogP contribution in [0.1, 0.15) is 21.7 Å². The fraction of sp³-hybridized carbons (Fsp3) is 0.125. The average molecular weight is 338 g/mol. The number of carbonyl (C=O) groups excluding carboxylic acids is 1. The van der Waals surface area contributed by atoms with Gasteiger partial charge in [0.15, 0.2) is 5.69 Å². The molecule has 0 atom stereocenters. The molecule has 3 rings (SSSR count). The number of hydrogen-bond donors (Lipinski definition) is 1. The first-order valence-electron chi connectivity index (χ1n) is 7.37. The number of benzene rings is 1. The van der Waals surface area contributed by atoms with Crippen molar-refractivity contribution in [1.82, 2.24) is 20.0 Å². The Kier molecular flexibility index (Phi) is 4.21. The van der Waals surface area contributed by atoms with Crippen LogP contribution in [-0.4, -0.2) is 30.8 Å². The second-order valence-corrected chi connectivity index (χ2v) is 5.39. The van der Waals surface area contributed by atoms with Crippen molar-refractivity contribution in [2.24, 2.45) is 0 Å². The van der Waals surface area contributed by atoms with Crippen molar-refractivity contribution >= 4 is 17.4 Å². The fourth-order valence-electron chi connectivity index (χ4n) is 2.24. The third-order valence-electron chi connectivity index (χ3n) is 3.55. The van der Waals surface area contributed by atoms with Crippen LogP contribution in [-0.2, 0) is 0 Å². The minimum atomic E-state index is -0.494. The molecule has 0 aliphatic heterocycles. The fourth-order valence-corrected chi connectivity index (χ4v) is 2.24. The first-order valence-corrected chi connectivity index (χ1v) is 7.37. The largest absolute Gasteiger partial charge is 0.305 e. The van der Waals surface area contributed by atoms with Crippen molar-refractivity contribution < 1.29 is 9.72 Å². The van der Waals surface area contributed by atoms with Gasteiger partial charge in [0.2, 0.25) is 0 Å². The second kappa shape index (κ2) is 6.48. The van der Waals surface area contributed by atoms with Gasteiger partial charge in [-0.25, -0.2) is 9.67 Å². The van der Waals surface area contributed by atoms with Gasteiger partial charge in [-0.3, -0.25) is 14.9 Å². The normalized spacial score (nSPS) is 10.5. The van der Waals surface area contributed by atoms with Gasteiger partial charge in [0.1, 0.15) is 5.82 Å². The van der Waals surface area contributed by atoms with Crippen LogP contribution in [0.15, 0.2) is 42.6 Å². The van der Waals surface area contributed by atoms with Crippen molar-refractivity contribution in [2.45, 2.75) is 13.8 Å². The molecule has 0 saturated heterocycles. The van der Waals surface area contributed by atoms with E-state index in [-0.39, 0.29) is 11.4 Å². The summed E-state index contributed by atoms with van der Waals surface area (Å²) in [6, 6.07) is 9.46. The summed E-state index contributed by atoms with van der Waals surface area (Å²) >= 11 is 0. The molecule has 1 aromatic carbocycles. The molecule has 126 valence electrons. The molecule has 2 aromatic heterocycles. The molecule has 0 saturated carbocycles. The number of aromatic nitrogens is 4. The van der Waals surface area contributed by atoms with E-state index in [2.05, 4.69) is 20.6 Å². The number of nitro groups is 1. The van der Waals surface area contributed by atoms with E-state index in [1.54, 1.807) is 31.3 Å². The number of nitro benzene ring substituents is 1. The Labute approximate surface area is 142 Å². The van der Waals surface area contributed by atoms with Crippen LogP contribution in [0.25, 0.3) is 5.69 Å². The number of carbonyl (C=O) groups is 1. The number of rotatable bonds is 4. The Bertz CT molecular complexity index is 949. The molecule has 9 nitrogen and oxygen atoms in total. The molecule has 3 aromatic rings. The van der Waals surface area contributed by atoms with Gasteiger partial charge in [-0.2, -0.15) is 0 Å². The van der Waals surface area contributed by atoms with Crippen LogP contribution in [0.5, 0.6) is 0 Å². The molecular weight excluding hydrogens is 324 g/mol. The quantitative estimate of drug-likeness (QED) is 0.577. The third kappa shape index (κ3) is 3.34. The molecule has 0 bridgehead atoms. The SMILES string of the molecule is Cc1ccc(NC(=O)c2nnn(-c3cccc([N+](=O)[O-])c3)c2C)nc1. The van der Waals surface area contributed by atoms with E-state index >= 15 is 0 Å². The summed E-state index contributed by atoms with van der Waals surface area (Å²) < 4.78 is 1.38. The number of pyridine rings is 1. The van der Waals surface area contributed by atoms with Crippen molar-refractivity contribution in [3.8, 4) is 5.69 Å². The third-order valence-corrected chi connectivity index (χ3v) is 3.55. The van der Waals surface area contributed by atoms with E-state index in [1.165, 1.54) is 16.8 Å². The zero-order valence-corrected chi connectivity index (χ0v) is 13.5. The number of hydrogen-bond acceptors (Lipinski definition) is 6. The van der Waals surface area contributed by atoms with Crippen LogP contribution in [0.4, 0.5) is 11.5 Å². The van der Waals surface area contributed by atoms with Gasteiger partial charge in [-0.05, 0) is 31.5 Å². The highest BCUT2D eigenvalue weighted by Gasteiger charge is 2.19. The zero-order chi connectivity index (χ0) is 18.0. The Balaban J connectivity index is 1.88. The highest BCUT2D eigenvalue weighted by atomic mass is 16.6. The summed E-state index contributed by atoms with van der Waals surface area (Å²) in [4.78, 5) is 26.9. The first-order chi connectivity index (χ1) is 12.0. The minimum absolute atomic E-state index is 0.0674. The van der Waals surface area contributed by atoms with Gasteiger partial charge in [-0.15, -0.1) is 5.10 Å². The first kappa shape index (κ1) is 16.2. The van der Waals surface area contributed by atoms with Gasteiger partial charge in [0.05, 0.1) is 16.3 Å². The topological polar surface area (TPSA) is 116 Å². The number of nitrogens with zero attached hydrogens (tertiary/aromatic N) is 5. The predicted octanol–water partition coefficient (Wildman–Crippen LogP) is 2.44. The minimum Gasteiger partial charge on any atom is -0.305 e. The molecule has 25 heavy (non-hydrogen) atoms. The molecule has 0 spiro atoms. The van der Waals surface area contributed by atoms with E-state index in [4.69, 9.17) is 0 Å². The lowest BCUT2D eigenvalue weighted by Gasteiger charge is -2.05. The number of amides is 1. The van der Waals surface area contributed by atoms with E-state index in [9.17, 15) is 14.9 Å². The smallest absolute Gasteiger partial charge is 0.279 e. The maximum Gasteiger partial charge on any atom is 0.279 e. The van der Waals surface area contributed by atoms with E-state index in [0.29, 0.717) is 17.2 Å². The molecule has 0 unspecified atom stereocenters. The lowest BCUT2D eigenvalue weighted by atomic mass is 10.2. The van der Waals surface area contributed by atoms with Crippen LogP contribution in [0.2, 0.25) is 0 Å². The summed E-state index contributed by atoms with van der Waals surface area (Å²) in [5.41, 5.74) is 1.94. The maximum atomic E-state index is 12.4. The number of aryl methyl sites for hydroxylation is 1. The van der Waals surface area contributed by atoms with Crippen LogP contribution >= 0.6 is 0 Å². The molecule has 1 N–H and O–H groups in total. The van der Waals surface area contributed by atoms with Crippen LogP contribution < -0.4 is 5.32 Å². The Morgan fingerprint density at radius 2 is 2.04 bits per heavy atom. The summed E-state index contributed by atoms with van der Waals surface area (Å²) in [7, 11) is 0. The van der Waals surface area contributed by atoms with Gasteiger partial charge in [0.25, 0.3) is 11.6 Å². The average Bonchev–Trinajstić information content (AvgIpc) is 2.98. The Morgan fingerprint density at radius 3 is 2.72 bits per heavy atom. The molecule has 9 heteroatoms. The molecule has 1 amide bonds. The highest BCUT2D eigenvalue weighted by molar-refractivity contribution is 6.03. The highest BCUT2D eigenvalue weighted by Crippen LogP contribution is 2.18. The molecule has 2 heterocycles. The molecule has 0 aliphatic carbocycles. The van der Waals surface area contributed by atoms with Crippen molar-refractivity contribution in [1.29, 1.82) is 0 Å². The second-order valence-electron chi connectivity index (χ2n) is 5.39. The van der Waals surface area contributed by atoms with Crippen LogP contribution in [0, 0.1) is 24.0 Å². The Morgan fingerprint density at radius 1 is 1.24 bits per heavy atom. The predicted molar refractivity (Wildman–Crippen MR) is 89.7 cm³/mol. The molecule has 0 aliphatic rings. The summed E-state index contributed by atoms with van der Waals surface area (Å²) in [6.07, 6.45) is 1.64. The lowest BCUT2D eigenvalue weighted by Crippen LogP contribution is -2.15. The van der Waals surface area contributed by atoms with Gasteiger partial charge in [0, 0.05) is 18.3 Å². The van der Waals surface area contributed by atoms with Gasteiger partial charge in [-0.1, -0.05) is 17.3 Å². The van der Waals surface area contributed by atoms with Crippen molar-refractivity contribution in [3.63, 3.8) is 0 Å². The molecular formula is C16H14N6O3. The van der Waals surface area contributed by atoms with E-state index in [1.807, 2.05) is 13.0 Å². The summed E-state index contributed by atoms with van der Waals surface area (Å²) in [5.74, 6) is -0.0505. The van der Waals surface area contributed by atoms with Gasteiger partial charge >= 0.3 is 0 Å². The van der Waals surface area contributed by atoms with Crippen molar-refractivity contribution in [2.75, 3.05) is 5.32 Å². The summed E-state index contributed by atoms with van der Waals surface area (Å²) in [5, 5.41) is 21.4. The number of anilines is 1. The standard InChI is InChI=1S/C16H14N6O3/c1-10-6-7-14(17-9-10)18-16(23)15-11(2)21(20-19-15)12-4-3-5-13(8-12)22(24)25/h3-9H,1-2H3,(H,17,18,23). The van der Waals surface area contributed by atoms with E-state index < -0.39 is 10.8 Å². The molecule has 0 radical (unpaired) electrons. The summed E-state index contributed by atoms with van der Waals surface area (Å²) in [6.45, 7) is 3.56. The number of non-ortho nitro benzene ring substituents is 1. The van der Waals surface area contributed by atoms with Gasteiger partial charge < -0.3 is 5.32 Å².